The minimum Gasteiger partial charge on any atom is -0.356 e. The molecule has 0 radical (unpaired) electrons. The van der Waals surface area contributed by atoms with Crippen molar-refractivity contribution in [2.75, 3.05) is 6.54 Å². The topological polar surface area (TPSA) is 29.1 Å². The Balaban J connectivity index is 3.28. The van der Waals surface area contributed by atoms with Crippen LogP contribution < -0.4 is 5.32 Å². The summed E-state index contributed by atoms with van der Waals surface area (Å²) < 4.78 is 0. The molecule has 0 saturated heterocycles. The third-order valence-corrected chi connectivity index (χ3v) is 5.18. The van der Waals surface area contributed by atoms with Gasteiger partial charge in [-0.25, -0.2) is 0 Å². The molecule has 164 valence electrons. The van der Waals surface area contributed by atoms with Gasteiger partial charge in [0.1, 0.15) is 0 Å². The van der Waals surface area contributed by atoms with E-state index in [1.165, 1.54) is 77.0 Å². The third-order valence-electron chi connectivity index (χ3n) is 5.18. The molecule has 0 spiro atoms. The minimum atomic E-state index is 0.216. The fraction of sp³-hybridized carbons (Fsp3) is 0.808. The van der Waals surface area contributed by atoms with Crippen LogP contribution in [0.4, 0.5) is 0 Å². The minimum absolute atomic E-state index is 0.216. The molecule has 0 aromatic carbocycles. The molecule has 0 saturated carbocycles. The first kappa shape index (κ1) is 27.0. The number of nitrogens with one attached hydrogen (secondary N) is 1. The number of hydrogen-bond donors (Lipinski definition) is 1. The lowest BCUT2D eigenvalue weighted by Crippen LogP contribution is -2.23. The van der Waals surface area contributed by atoms with E-state index in [2.05, 4.69) is 43.5 Å². The molecule has 0 aliphatic heterocycles. The molecular formula is C26H49NO. The van der Waals surface area contributed by atoms with Gasteiger partial charge in [0.25, 0.3) is 0 Å². The second-order valence-electron chi connectivity index (χ2n) is 8.09. The van der Waals surface area contributed by atoms with Gasteiger partial charge in [0.05, 0.1) is 0 Å². The molecule has 2 nitrogen and oxygen atoms in total. The van der Waals surface area contributed by atoms with Crippen molar-refractivity contribution in [2.24, 2.45) is 0 Å². The first-order chi connectivity index (χ1) is 13.8. The lowest BCUT2D eigenvalue weighted by molar-refractivity contribution is -0.121. The van der Waals surface area contributed by atoms with Gasteiger partial charge in [-0.15, -0.1) is 0 Å². The van der Waals surface area contributed by atoms with Crippen molar-refractivity contribution in [1.29, 1.82) is 0 Å². The van der Waals surface area contributed by atoms with Gasteiger partial charge in [-0.1, -0.05) is 102 Å². The van der Waals surface area contributed by atoms with Crippen LogP contribution in [0.25, 0.3) is 0 Å². The number of carbonyl (C=O) groups is 1. The maximum absolute atomic E-state index is 11.7. The lowest BCUT2D eigenvalue weighted by Gasteiger charge is -2.03. The Labute approximate surface area is 176 Å². The van der Waals surface area contributed by atoms with Crippen LogP contribution in [0.3, 0.4) is 0 Å². The van der Waals surface area contributed by atoms with E-state index in [0.29, 0.717) is 6.42 Å². The van der Waals surface area contributed by atoms with E-state index in [9.17, 15) is 4.79 Å². The number of hydrogen-bond acceptors (Lipinski definition) is 1. The quantitative estimate of drug-likeness (QED) is 0.155. The molecule has 0 fully saturated rings. The summed E-state index contributed by atoms with van der Waals surface area (Å²) in [6.07, 6.45) is 31.4. The Kier molecular flexibility index (Phi) is 23.1. The highest BCUT2D eigenvalue weighted by Crippen LogP contribution is 2.10. The summed E-state index contributed by atoms with van der Waals surface area (Å²) in [5.41, 5.74) is 0. The predicted molar refractivity (Wildman–Crippen MR) is 126 cm³/mol. The van der Waals surface area contributed by atoms with Crippen LogP contribution >= 0.6 is 0 Å². The summed E-state index contributed by atoms with van der Waals surface area (Å²) in [7, 11) is 0. The summed E-state index contributed by atoms with van der Waals surface area (Å²) in [6, 6.07) is 0. The summed E-state index contributed by atoms with van der Waals surface area (Å²) in [4.78, 5) is 11.7. The summed E-state index contributed by atoms with van der Waals surface area (Å²) >= 11 is 0. The number of unbranched alkanes of at least 4 members (excludes halogenated alkanes) is 13. The highest BCUT2D eigenvalue weighted by Gasteiger charge is 1.98. The van der Waals surface area contributed by atoms with Crippen LogP contribution in [0.2, 0.25) is 0 Å². The van der Waals surface area contributed by atoms with E-state index >= 15 is 0 Å². The van der Waals surface area contributed by atoms with Crippen molar-refractivity contribution >= 4 is 5.91 Å². The van der Waals surface area contributed by atoms with Gasteiger partial charge in [0.2, 0.25) is 5.91 Å². The van der Waals surface area contributed by atoms with Crippen LogP contribution in [0, 0.1) is 0 Å². The summed E-state index contributed by atoms with van der Waals surface area (Å²) in [6.45, 7) is 5.33. The number of carbonyl (C=O) groups excluding carboxylic acids is 1. The van der Waals surface area contributed by atoms with E-state index in [1.54, 1.807) is 0 Å². The molecule has 0 aliphatic rings. The number of amides is 1. The van der Waals surface area contributed by atoms with Crippen LogP contribution in [0.5, 0.6) is 0 Å². The first-order valence-corrected chi connectivity index (χ1v) is 12.4. The predicted octanol–water partition coefficient (Wildman–Crippen LogP) is 8.28. The normalized spacial score (nSPS) is 11.6. The first-order valence-electron chi connectivity index (χ1n) is 12.4. The Morgan fingerprint density at radius 2 is 1.04 bits per heavy atom. The Hall–Kier alpha value is -1.05. The fourth-order valence-corrected chi connectivity index (χ4v) is 3.31. The van der Waals surface area contributed by atoms with Crippen LogP contribution in [0.15, 0.2) is 24.3 Å². The van der Waals surface area contributed by atoms with Crippen molar-refractivity contribution in [1.82, 2.24) is 5.32 Å². The largest absolute Gasteiger partial charge is 0.356 e. The van der Waals surface area contributed by atoms with Gasteiger partial charge in [-0.2, -0.15) is 0 Å². The molecule has 0 aromatic rings. The average molecular weight is 392 g/mol. The van der Waals surface area contributed by atoms with Gasteiger partial charge < -0.3 is 5.32 Å². The zero-order chi connectivity index (χ0) is 20.5. The third kappa shape index (κ3) is 23.0. The molecule has 28 heavy (non-hydrogen) atoms. The molecule has 0 rings (SSSR count). The van der Waals surface area contributed by atoms with Crippen LogP contribution in [-0.4, -0.2) is 12.5 Å². The Morgan fingerprint density at radius 1 is 0.571 bits per heavy atom. The molecular weight excluding hydrogens is 342 g/mol. The van der Waals surface area contributed by atoms with Crippen molar-refractivity contribution in [3.8, 4) is 0 Å². The maximum atomic E-state index is 11.7. The molecule has 1 N–H and O–H groups in total. The maximum Gasteiger partial charge on any atom is 0.220 e. The summed E-state index contributed by atoms with van der Waals surface area (Å²) in [5.74, 6) is 0.216. The smallest absolute Gasteiger partial charge is 0.220 e. The second-order valence-corrected chi connectivity index (χ2v) is 8.09. The average Bonchev–Trinajstić information content (AvgIpc) is 2.70. The van der Waals surface area contributed by atoms with E-state index in [-0.39, 0.29) is 5.91 Å². The van der Waals surface area contributed by atoms with Crippen molar-refractivity contribution < 1.29 is 4.79 Å². The van der Waals surface area contributed by atoms with Gasteiger partial charge in [-0.3, -0.25) is 4.79 Å². The number of rotatable bonds is 21. The standard InChI is InChI=1S/C26H49NO/c1-3-5-7-9-10-11-12-13-14-15-16-17-18-19-20-21-22-24-26(28)27-25-23-8-6-4-2/h15-16,19-20H,3-14,17-18,21-25H2,1-2H3,(H,27,28)/b16-15-,20-19-. The van der Waals surface area contributed by atoms with E-state index < -0.39 is 0 Å². The van der Waals surface area contributed by atoms with E-state index in [0.717, 1.165) is 38.6 Å². The molecule has 0 atom stereocenters. The molecule has 0 aromatic heterocycles. The molecule has 1 amide bonds. The van der Waals surface area contributed by atoms with Crippen molar-refractivity contribution in [3.63, 3.8) is 0 Å². The highest BCUT2D eigenvalue weighted by molar-refractivity contribution is 5.75. The SMILES string of the molecule is CCCCCCCCCC/C=C\CC/C=C\CCCC(=O)NCCCCCC. The van der Waals surface area contributed by atoms with Gasteiger partial charge in [0, 0.05) is 13.0 Å². The summed E-state index contributed by atoms with van der Waals surface area (Å²) in [5, 5.41) is 3.02. The zero-order valence-electron chi connectivity index (χ0n) is 19.2. The monoisotopic (exact) mass is 391 g/mol. The van der Waals surface area contributed by atoms with E-state index in [4.69, 9.17) is 0 Å². The van der Waals surface area contributed by atoms with Gasteiger partial charge in [0.15, 0.2) is 0 Å². The molecule has 0 aliphatic carbocycles. The van der Waals surface area contributed by atoms with E-state index in [1.807, 2.05) is 0 Å². The van der Waals surface area contributed by atoms with Crippen molar-refractivity contribution in [2.45, 2.75) is 129 Å². The Bertz CT molecular complexity index is 373. The van der Waals surface area contributed by atoms with Gasteiger partial charge in [-0.05, 0) is 44.9 Å². The second kappa shape index (κ2) is 24.0. The highest BCUT2D eigenvalue weighted by atomic mass is 16.1. The molecule has 0 bridgehead atoms. The fourth-order valence-electron chi connectivity index (χ4n) is 3.31. The molecule has 2 heteroatoms. The molecule has 0 heterocycles. The van der Waals surface area contributed by atoms with Crippen molar-refractivity contribution in [3.05, 3.63) is 24.3 Å². The zero-order valence-corrected chi connectivity index (χ0v) is 19.2. The lowest BCUT2D eigenvalue weighted by atomic mass is 10.1. The Morgan fingerprint density at radius 3 is 1.64 bits per heavy atom. The van der Waals surface area contributed by atoms with Gasteiger partial charge >= 0.3 is 0 Å². The molecule has 0 unspecified atom stereocenters. The van der Waals surface area contributed by atoms with Crippen LogP contribution in [-0.2, 0) is 4.79 Å². The van der Waals surface area contributed by atoms with Crippen LogP contribution in [0.1, 0.15) is 129 Å². The number of allylic oxidation sites excluding steroid dienone is 4.